The number of hydrogen-bond acceptors (Lipinski definition) is 5. The number of aromatic nitrogens is 2. The molecule has 1 aromatic heterocycles. The summed E-state index contributed by atoms with van der Waals surface area (Å²) in [5.74, 6) is -2.48. The Morgan fingerprint density at radius 2 is 1.79 bits per heavy atom. The van der Waals surface area contributed by atoms with Gasteiger partial charge in [0.1, 0.15) is 17.7 Å². The molecule has 11 heteroatoms. The molecule has 2 aliphatic rings. The van der Waals surface area contributed by atoms with E-state index in [1.807, 2.05) is 0 Å². The summed E-state index contributed by atoms with van der Waals surface area (Å²) in [6.45, 7) is 3.86. The zero-order valence-electron chi connectivity index (χ0n) is 23.6. The number of hydrogen-bond donors (Lipinski definition) is 2. The average Bonchev–Trinajstić information content (AvgIpc) is 3.76. The number of fused-ring (bicyclic) bond motifs is 1. The van der Waals surface area contributed by atoms with E-state index in [9.17, 15) is 23.6 Å². The van der Waals surface area contributed by atoms with Crippen LogP contribution in [0.25, 0.3) is 10.9 Å². The number of nitrogens with one attached hydrogen (secondary N) is 2. The molecule has 0 radical (unpaired) electrons. The molecule has 2 amide bonds. The van der Waals surface area contributed by atoms with E-state index in [-0.39, 0.29) is 46.1 Å². The molecular weight excluding hydrogens is 544 g/mol. The molecule has 9 nitrogen and oxygen atoms in total. The van der Waals surface area contributed by atoms with E-state index < -0.39 is 40.2 Å². The van der Waals surface area contributed by atoms with E-state index in [0.717, 1.165) is 44.2 Å². The Morgan fingerprint density at radius 3 is 2.40 bits per heavy atom. The van der Waals surface area contributed by atoms with Gasteiger partial charge in [0.25, 0.3) is 11.5 Å². The molecule has 3 aromatic rings. The van der Waals surface area contributed by atoms with Crippen LogP contribution in [0.1, 0.15) is 87.2 Å². The molecule has 2 fully saturated rings. The minimum Gasteiger partial charge on any atom is -0.346 e. The van der Waals surface area contributed by atoms with Crippen LogP contribution in [-0.2, 0) is 11.3 Å². The van der Waals surface area contributed by atoms with Gasteiger partial charge in [0.15, 0.2) is 0 Å². The third-order valence-corrected chi connectivity index (χ3v) is 8.23. The predicted octanol–water partition coefficient (Wildman–Crippen LogP) is 4.77. The van der Waals surface area contributed by atoms with Gasteiger partial charge in [-0.1, -0.05) is 19.3 Å². The van der Waals surface area contributed by atoms with Crippen LogP contribution >= 0.6 is 0 Å². The van der Waals surface area contributed by atoms with E-state index in [0.29, 0.717) is 19.4 Å². The largest absolute Gasteiger partial charge is 0.346 e. The summed E-state index contributed by atoms with van der Waals surface area (Å²) in [5, 5.41) is 14.6. The van der Waals surface area contributed by atoms with Gasteiger partial charge < -0.3 is 10.6 Å². The molecule has 0 bridgehead atoms. The van der Waals surface area contributed by atoms with Crippen LogP contribution in [0, 0.1) is 28.9 Å². The first-order valence-electron chi connectivity index (χ1n) is 14.3. The lowest BCUT2D eigenvalue weighted by molar-refractivity contribution is -0.117. The van der Waals surface area contributed by atoms with Gasteiger partial charge in [-0.05, 0) is 69.7 Å². The highest BCUT2D eigenvalue weighted by Gasteiger charge is 2.36. The Bertz CT molecular complexity index is 1730. The van der Waals surface area contributed by atoms with Crippen LogP contribution in [0.3, 0.4) is 0 Å². The van der Waals surface area contributed by atoms with Crippen LogP contribution in [0.4, 0.5) is 14.5 Å². The third kappa shape index (κ3) is 5.84. The molecular formula is C31H33F2N5O4. The minimum absolute atomic E-state index is 0.0242. The van der Waals surface area contributed by atoms with Gasteiger partial charge in [-0.15, -0.1) is 0 Å². The van der Waals surface area contributed by atoms with Crippen molar-refractivity contribution in [2.45, 2.75) is 83.3 Å². The smallest absolute Gasteiger partial charge is 0.331 e. The van der Waals surface area contributed by atoms with Crippen molar-refractivity contribution in [1.29, 1.82) is 5.26 Å². The Kier molecular flexibility index (Phi) is 7.99. The quantitative estimate of drug-likeness (QED) is 0.399. The topological polar surface area (TPSA) is 126 Å². The zero-order valence-corrected chi connectivity index (χ0v) is 23.6. The number of anilines is 1. The summed E-state index contributed by atoms with van der Waals surface area (Å²) in [6, 6.07) is 7.33. The number of rotatable bonds is 8. The summed E-state index contributed by atoms with van der Waals surface area (Å²) in [5.41, 5.74) is -2.14. The highest BCUT2D eigenvalue weighted by Crippen LogP contribution is 2.33. The molecule has 0 spiro atoms. The Labute approximate surface area is 241 Å². The van der Waals surface area contributed by atoms with Crippen LogP contribution in [-0.4, -0.2) is 26.5 Å². The Balaban J connectivity index is 1.42. The summed E-state index contributed by atoms with van der Waals surface area (Å²) in [7, 11) is 0. The molecule has 0 unspecified atom stereocenters. The monoisotopic (exact) mass is 577 g/mol. The number of nitrogens with zero attached hydrogens (tertiary/aromatic N) is 3. The SMILES string of the molecule is CC(C)n1c(=O)n(CC2CC2)c(=O)c2cc(NC(=O)CC3(NC(=O)c4ccc(C#N)c(F)c4)CCCCC3)c(F)cc21. The highest BCUT2D eigenvalue weighted by atomic mass is 19.1. The molecule has 2 saturated carbocycles. The lowest BCUT2D eigenvalue weighted by Crippen LogP contribution is -2.51. The molecule has 220 valence electrons. The van der Waals surface area contributed by atoms with Crippen molar-refractivity contribution in [3.63, 3.8) is 0 Å². The lowest BCUT2D eigenvalue weighted by atomic mass is 9.78. The molecule has 2 aliphatic carbocycles. The Hall–Kier alpha value is -4.33. The van der Waals surface area contributed by atoms with Crippen molar-refractivity contribution < 1.29 is 18.4 Å². The van der Waals surface area contributed by atoms with E-state index in [4.69, 9.17) is 5.26 Å². The second kappa shape index (κ2) is 11.5. The summed E-state index contributed by atoms with van der Waals surface area (Å²) >= 11 is 0. The van der Waals surface area contributed by atoms with E-state index in [1.165, 1.54) is 27.3 Å². The minimum atomic E-state index is -0.938. The molecule has 0 aliphatic heterocycles. The third-order valence-electron chi connectivity index (χ3n) is 8.23. The van der Waals surface area contributed by atoms with Crippen molar-refractivity contribution in [2.24, 2.45) is 5.92 Å². The first-order valence-corrected chi connectivity index (χ1v) is 14.3. The zero-order chi connectivity index (χ0) is 30.2. The van der Waals surface area contributed by atoms with Gasteiger partial charge in [-0.2, -0.15) is 5.26 Å². The van der Waals surface area contributed by atoms with Crippen molar-refractivity contribution in [3.8, 4) is 6.07 Å². The number of carbonyl (C=O) groups excluding carboxylic acids is 2. The van der Waals surface area contributed by atoms with Crippen molar-refractivity contribution in [3.05, 3.63) is 73.9 Å². The fourth-order valence-electron chi connectivity index (χ4n) is 5.85. The number of nitriles is 1. The molecule has 0 atom stereocenters. The molecule has 42 heavy (non-hydrogen) atoms. The molecule has 5 rings (SSSR count). The Morgan fingerprint density at radius 1 is 1.07 bits per heavy atom. The van der Waals surface area contributed by atoms with Crippen LogP contribution in [0.5, 0.6) is 0 Å². The number of amides is 2. The number of benzene rings is 2. The van der Waals surface area contributed by atoms with Gasteiger partial charge >= 0.3 is 5.69 Å². The molecule has 2 aromatic carbocycles. The first kappa shape index (κ1) is 29.2. The van der Waals surface area contributed by atoms with E-state index in [2.05, 4.69) is 10.6 Å². The van der Waals surface area contributed by atoms with Gasteiger partial charge in [-0.25, -0.2) is 13.6 Å². The standard InChI is InChI=1S/C31H33F2N5O4/c1-18(2)38-26-14-24(33)25(13-22(26)29(41)37(30(38)42)17-19-6-7-19)35-27(39)15-31(10-4-3-5-11-31)36-28(40)20-8-9-21(16-34)23(32)12-20/h8-9,12-14,18-19H,3-7,10-11,15,17H2,1-2H3,(H,35,39)(H,36,40). The maximum Gasteiger partial charge on any atom is 0.331 e. The van der Waals surface area contributed by atoms with Crippen LogP contribution in [0.15, 0.2) is 39.9 Å². The second-order valence-electron chi connectivity index (χ2n) is 11.8. The lowest BCUT2D eigenvalue weighted by Gasteiger charge is -2.37. The number of halogens is 2. The van der Waals surface area contributed by atoms with Gasteiger partial charge in [0, 0.05) is 29.8 Å². The summed E-state index contributed by atoms with van der Waals surface area (Å²) in [4.78, 5) is 52.9. The maximum absolute atomic E-state index is 15.3. The fourth-order valence-corrected chi connectivity index (χ4v) is 5.85. The highest BCUT2D eigenvalue weighted by molar-refractivity contribution is 5.97. The van der Waals surface area contributed by atoms with Gasteiger partial charge in [0.05, 0.1) is 28.6 Å². The first-order chi connectivity index (χ1) is 20.0. The van der Waals surface area contributed by atoms with Crippen LogP contribution < -0.4 is 21.9 Å². The van der Waals surface area contributed by atoms with E-state index in [1.54, 1.807) is 19.9 Å². The maximum atomic E-state index is 15.3. The normalized spacial score (nSPS) is 16.3. The van der Waals surface area contributed by atoms with Crippen LogP contribution in [0.2, 0.25) is 0 Å². The molecule has 2 N–H and O–H groups in total. The summed E-state index contributed by atoms with van der Waals surface area (Å²) in [6.07, 6.45) is 5.15. The van der Waals surface area contributed by atoms with Gasteiger partial charge in [0.2, 0.25) is 5.91 Å². The average molecular weight is 578 g/mol. The molecule has 0 saturated heterocycles. The van der Waals surface area contributed by atoms with Gasteiger partial charge in [-0.3, -0.25) is 23.5 Å². The van der Waals surface area contributed by atoms with Crippen molar-refractivity contribution in [2.75, 3.05) is 5.32 Å². The molecule has 1 heterocycles. The predicted molar refractivity (Wildman–Crippen MR) is 153 cm³/mol. The number of carbonyl (C=O) groups is 2. The summed E-state index contributed by atoms with van der Waals surface area (Å²) < 4.78 is 32.1. The van der Waals surface area contributed by atoms with Crippen molar-refractivity contribution >= 4 is 28.4 Å². The fraction of sp³-hybridized carbons (Fsp3) is 0.452. The second-order valence-corrected chi connectivity index (χ2v) is 11.8. The van der Waals surface area contributed by atoms with Crippen molar-refractivity contribution in [1.82, 2.24) is 14.5 Å². The van der Waals surface area contributed by atoms with E-state index >= 15 is 4.39 Å².